The summed E-state index contributed by atoms with van der Waals surface area (Å²) >= 11 is 0. The largest absolute Gasteiger partial charge is 0.456 e. The van der Waals surface area contributed by atoms with Crippen LogP contribution >= 0.6 is 0 Å². The van der Waals surface area contributed by atoms with E-state index in [1.165, 1.54) is 21.8 Å². The fourth-order valence-corrected chi connectivity index (χ4v) is 9.38. The lowest BCUT2D eigenvalue weighted by Crippen LogP contribution is -2.03. The van der Waals surface area contributed by atoms with E-state index in [1.54, 1.807) is 6.08 Å². The first-order chi connectivity index (χ1) is 31.6. The number of para-hydroxylation sites is 4. The normalized spacial score (nSPS) is 12.2. The Labute approximate surface area is 369 Å². The van der Waals surface area contributed by atoms with Crippen LogP contribution in [-0.2, 0) is 0 Å². The number of aromatic nitrogens is 5. The highest BCUT2D eigenvalue weighted by Gasteiger charge is 2.22. The van der Waals surface area contributed by atoms with E-state index >= 15 is 0 Å². The predicted octanol–water partition coefficient (Wildman–Crippen LogP) is 15.1. The third kappa shape index (κ3) is 5.99. The van der Waals surface area contributed by atoms with Crippen LogP contribution in [0.5, 0.6) is 0 Å². The standard InChI is InChI=1S/C58H39N5O/c1-3-5-18-37(4-2)56-59-57(38-19-8-6-9-20-38)61-58(60-56)41-35-52(55-45-25-14-17-28-53(45)64-54(55)36-41)63-49-27-16-13-24-44(49)47-34-40(30-32-51(47)63)39-29-31-50-46(33-39)43-23-12-15-26-48(43)62(50)42-21-10-7-11-22-42/h3-36H,1H2,2H3/b18-5-,37-4+. The van der Waals surface area contributed by atoms with Gasteiger partial charge in [-0.05, 0) is 84.8 Å². The molecule has 12 aromatic rings. The Bertz CT molecular complexity index is 3870. The summed E-state index contributed by atoms with van der Waals surface area (Å²) in [6.07, 6.45) is 7.64. The van der Waals surface area contributed by atoms with Crippen molar-refractivity contribution in [2.75, 3.05) is 0 Å². The Kier molecular flexibility index (Phi) is 8.76. The number of furan rings is 1. The van der Waals surface area contributed by atoms with Crippen LogP contribution in [0, 0.1) is 0 Å². The maximum atomic E-state index is 6.70. The summed E-state index contributed by atoms with van der Waals surface area (Å²) in [6, 6.07) is 64.3. The van der Waals surface area contributed by atoms with Crippen molar-refractivity contribution in [1.82, 2.24) is 24.1 Å². The molecule has 0 atom stereocenters. The van der Waals surface area contributed by atoms with Crippen LogP contribution in [0.2, 0.25) is 0 Å². The van der Waals surface area contributed by atoms with Crippen molar-refractivity contribution >= 4 is 71.1 Å². The van der Waals surface area contributed by atoms with E-state index in [-0.39, 0.29) is 0 Å². The topological polar surface area (TPSA) is 61.7 Å². The van der Waals surface area contributed by atoms with Gasteiger partial charge < -0.3 is 13.6 Å². The van der Waals surface area contributed by atoms with Crippen LogP contribution in [0.15, 0.2) is 217 Å². The molecule has 0 radical (unpaired) electrons. The van der Waals surface area contributed by atoms with Crippen molar-refractivity contribution in [3.05, 3.63) is 219 Å². The molecule has 0 aliphatic rings. The molecule has 6 heteroatoms. The molecule has 0 aliphatic heterocycles. The van der Waals surface area contributed by atoms with E-state index in [4.69, 9.17) is 19.4 Å². The summed E-state index contributed by atoms with van der Waals surface area (Å²) in [6.45, 7) is 5.87. The number of nitrogens with zero attached hydrogens (tertiary/aromatic N) is 5. The minimum absolute atomic E-state index is 0.547. The van der Waals surface area contributed by atoms with Crippen molar-refractivity contribution in [2.24, 2.45) is 0 Å². The van der Waals surface area contributed by atoms with Gasteiger partial charge in [-0.2, -0.15) is 0 Å². The minimum atomic E-state index is 0.547. The van der Waals surface area contributed by atoms with E-state index in [0.29, 0.717) is 17.5 Å². The lowest BCUT2D eigenvalue weighted by molar-refractivity contribution is 0.669. The summed E-state index contributed by atoms with van der Waals surface area (Å²) in [5, 5.41) is 6.83. The van der Waals surface area contributed by atoms with Gasteiger partial charge in [0.2, 0.25) is 0 Å². The zero-order valence-corrected chi connectivity index (χ0v) is 35.0. The Balaban J connectivity index is 1.08. The predicted molar refractivity (Wildman–Crippen MR) is 265 cm³/mol. The highest BCUT2D eigenvalue weighted by molar-refractivity contribution is 6.16. The van der Waals surface area contributed by atoms with Gasteiger partial charge in [0.15, 0.2) is 17.5 Å². The minimum Gasteiger partial charge on any atom is -0.456 e. The average molecular weight is 822 g/mol. The smallest absolute Gasteiger partial charge is 0.164 e. The lowest BCUT2D eigenvalue weighted by Gasteiger charge is -2.13. The molecule has 0 unspecified atom stereocenters. The van der Waals surface area contributed by atoms with Gasteiger partial charge in [0.1, 0.15) is 11.2 Å². The number of benzene rings is 8. The summed E-state index contributed by atoms with van der Waals surface area (Å²) in [5.41, 5.74) is 13.1. The molecule has 0 amide bonds. The monoisotopic (exact) mass is 821 g/mol. The van der Waals surface area contributed by atoms with Crippen molar-refractivity contribution in [1.29, 1.82) is 0 Å². The molecule has 12 rings (SSSR count). The Morgan fingerprint density at radius 1 is 0.484 bits per heavy atom. The first kappa shape index (κ1) is 37.2. The molecule has 64 heavy (non-hydrogen) atoms. The first-order valence-electron chi connectivity index (χ1n) is 21.5. The van der Waals surface area contributed by atoms with Crippen molar-refractivity contribution in [3.8, 4) is 45.3 Å². The average Bonchev–Trinajstić information content (AvgIpc) is 4.02. The molecule has 0 fully saturated rings. The maximum Gasteiger partial charge on any atom is 0.164 e. The molecule has 4 aromatic heterocycles. The molecule has 0 N–H and O–H groups in total. The Morgan fingerprint density at radius 3 is 1.72 bits per heavy atom. The van der Waals surface area contributed by atoms with E-state index in [9.17, 15) is 0 Å². The molecule has 4 heterocycles. The summed E-state index contributed by atoms with van der Waals surface area (Å²) < 4.78 is 11.4. The SMILES string of the molecule is C=C/C=C\C(=C/C)c1nc(-c2ccccc2)nc(-c2cc(-n3c4ccccc4c4cc(-c5ccc6c(c5)c5ccccc5n6-c5ccccc5)ccc43)c3c(c2)oc2ccccc23)n1. The molecule has 8 aromatic carbocycles. The third-order valence-electron chi connectivity index (χ3n) is 12.3. The number of hydrogen-bond acceptors (Lipinski definition) is 4. The van der Waals surface area contributed by atoms with Crippen molar-refractivity contribution in [2.45, 2.75) is 6.92 Å². The highest BCUT2D eigenvalue weighted by Crippen LogP contribution is 2.43. The lowest BCUT2D eigenvalue weighted by atomic mass is 10.0. The number of fused-ring (bicyclic) bond motifs is 9. The van der Waals surface area contributed by atoms with E-state index in [1.807, 2.05) is 67.6 Å². The van der Waals surface area contributed by atoms with Gasteiger partial charge in [0.25, 0.3) is 0 Å². The fraction of sp³-hybridized carbons (Fsp3) is 0.0172. The van der Waals surface area contributed by atoms with E-state index in [0.717, 1.165) is 82.9 Å². The summed E-state index contributed by atoms with van der Waals surface area (Å²) in [7, 11) is 0. The van der Waals surface area contributed by atoms with Gasteiger partial charge in [-0.3, -0.25) is 0 Å². The highest BCUT2D eigenvalue weighted by atomic mass is 16.3. The van der Waals surface area contributed by atoms with Crippen LogP contribution in [0.4, 0.5) is 0 Å². The maximum absolute atomic E-state index is 6.70. The molecule has 6 nitrogen and oxygen atoms in total. The van der Waals surface area contributed by atoms with E-state index < -0.39 is 0 Å². The molecule has 0 bridgehead atoms. The second kappa shape index (κ2) is 15.1. The van der Waals surface area contributed by atoms with Gasteiger partial charge in [0.05, 0.1) is 33.1 Å². The zero-order valence-electron chi connectivity index (χ0n) is 35.0. The fourth-order valence-electron chi connectivity index (χ4n) is 9.38. The molecular weight excluding hydrogens is 783 g/mol. The van der Waals surface area contributed by atoms with Gasteiger partial charge in [-0.25, -0.2) is 15.0 Å². The third-order valence-corrected chi connectivity index (χ3v) is 12.3. The Morgan fingerprint density at radius 2 is 1.05 bits per heavy atom. The molecular formula is C58H39N5O. The van der Waals surface area contributed by atoms with Crippen LogP contribution < -0.4 is 0 Å². The number of rotatable bonds is 8. The zero-order chi connectivity index (χ0) is 42.7. The quantitative estimate of drug-likeness (QED) is 0.143. The van der Waals surface area contributed by atoms with Gasteiger partial charge >= 0.3 is 0 Å². The first-order valence-corrected chi connectivity index (χ1v) is 21.5. The van der Waals surface area contributed by atoms with Crippen molar-refractivity contribution < 1.29 is 4.42 Å². The molecule has 0 aliphatic carbocycles. The molecule has 302 valence electrons. The van der Waals surface area contributed by atoms with Gasteiger partial charge in [0, 0.05) is 49.3 Å². The van der Waals surface area contributed by atoms with Crippen LogP contribution in [0.1, 0.15) is 12.7 Å². The second-order valence-corrected chi connectivity index (χ2v) is 16.0. The molecule has 0 spiro atoms. The van der Waals surface area contributed by atoms with Crippen LogP contribution in [0.25, 0.3) is 116 Å². The Hall–Kier alpha value is -8.61. The summed E-state index contributed by atoms with van der Waals surface area (Å²) in [4.78, 5) is 15.3. The van der Waals surface area contributed by atoms with E-state index in [2.05, 4.69) is 155 Å². The molecule has 0 saturated heterocycles. The number of allylic oxidation sites excluding steroid dienone is 5. The van der Waals surface area contributed by atoms with Gasteiger partial charge in [-0.1, -0.05) is 146 Å². The second-order valence-electron chi connectivity index (χ2n) is 16.0. The number of hydrogen-bond donors (Lipinski definition) is 0. The van der Waals surface area contributed by atoms with Crippen LogP contribution in [-0.4, -0.2) is 24.1 Å². The van der Waals surface area contributed by atoms with Crippen LogP contribution in [0.3, 0.4) is 0 Å². The van der Waals surface area contributed by atoms with Crippen molar-refractivity contribution in [3.63, 3.8) is 0 Å². The van der Waals surface area contributed by atoms with Gasteiger partial charge in [-0.15, -0.1) is 0 Å². The molecule has 0 saturated carbocycles. The summed E-state index contributed by atoms with van der Waals surface area (Å²) in [5.74, 6) is 1.71.